The Kier molecular flexibility index (Phi) is 5.22. The minimum atomic E-state index is -0.167. The molecule has 1 heterocycles. The van der Waals surface area contributed by atoms with E-state index in [2.05, 4.69) is 39.9 Å². The van der Waals surface area contributed by atoms with E-state index in [0.29, 0.717) is 16.5 Å². The SMILES string of the molecule is Cc1cc(C)c(-n2nnnc2SCC(=O)Nc2ccccc2N)c(C)c1. The molecular weight excluding hydrogens is 348 g/mol. The zero-order valence-corrected chi connectivity index (χ0v) is 15.7. The number of carbonyl (C=O) groups excluding carboxylic acids is 1. The molecule has 1 aromatic heterocycles. The molecule has 2 aromatic carbocycles. The Bertz CT molecular complexity index is 929. The minimum Gasteiger partial charge on any atom is -0.397 e. The zero-order valence-electron chi connectivity index (χ0n) is 14.9. The molecule has 0 saturated heterocycles. The van der Waals surface area contributed by atoms with Crippen LogP contribution in [0.4, 0.5) is 11.4 Å². The molecule has 0 spiro atoms. The van der Waals surface area contributed by atoms with Gasteiger partial charge in [0.1, 0.15) is 0 Å². The normalized spacial score (nSPS) is 10.7. The fourth-order valence-corrected chi connectivity index (χ4v) is 3.52. The molecule has 3 rings (SSSR count). The molecule has 3 aromatic rings. The summed E-state index contributed by atoms with van der Waals surface area (Å²) in [5, 5.41) is 15.3. The van der Waals surface area contributed by atoms with Crippen molar-refractivity contribution in [2.45, 2.75) is 25.9 Å². The second kappa shape index (κ2) is 7.57. The van der Waals surface area contributed by atoms with Crippen molar-refractivity contribution >= 4 is 29.0 Å². The second-order valence-electron chi connectivity index (χ2n) is 6.04. The highest BCUT2D eigenvalue weighted by atomic mass is 32.2. The van der Waals surface area contributed by atoms with Crippen molar-refractivity contribution in [3.63, 3.8) is 0 Å². The van der Waals surface area contributed by atoms with E-state index in [9.17, 15) is 4.79 Å². The standard InChI is InChI=1S/C18H20N6OS/c1-11-8-12(2)17(13(3)9-11)24-18(21-22-23-24)26-10-16(25)20-15-7-5-4-6-14(15)19/h4-9H,10,19H2,1-3H3,(H,20,25). The van der Waals surface area contributed by atoms with Gasteiger partial charge >= 0.3 is 0 Å². The number of nitrogens with two attached hydrogens (primary N) is 1. The summed E-state index contributed by atoms with van der Waals surface area (Å²) in [6.07, 6.45) is 0. The van der Waals surface area contributed by atoms with E-state index in [1.807, 2.05) is 26.0 Å². The summed E-state index contributed by atoms with van der Waals surface area (Å²) in [4.78, 5) is 12.2. The molecule has 0 radical (unpaired) electrons. The lowest BCUT2D eigenvalue weighted by Gasteiger charge is -2.12. The average molecular weight is 368 g/mol. The molecule has 0 atom stereocenters. The molecule has 7 nitrogen and oxygen atoms in total. The number of nitrogens with one attached hydrogen (secondary N) is 1. The van der Waals surface area contributed by atoms with Crippen LogP contribution in [0.3, 0.4) is 0 Å². The van der Waals surface area contributed by atoms with Gasteiger partial charge in [-0.15, -0.1) is 5.10 Å². The van der Waals surface area contributed by atoms with Crippen LogP contribution in [0.1, 0.15) is 16.7 Å². The van der Waals surface area contributed by atoms with Gasteiger partial charge in [-0.2, -0.15) is 4.68 Å². The molecule has 0 unspecified atom stereocenters. The smallest absolute Gasteiger partial charge is 0.234 e. The van der Waals surface area contributed by atoms with Crippen molar-refractivity contribution in [1.82, 2.24) is 20.2 Å². The summed E-state index contributed by atoms with van der Waals surface area (Å²) in [6, 6.07) is 11.3. The third-order valence-electron chi connectivity index (χ3n) is 3.86. The Morgan fingerprint density at radius 1 is 1.19 bits per heavy atom. The summed E-state index contributed by atoms with van der Waals surface area (Å²) in [7, 11) is 0. The number of hydrogen-bond acceptors (Lipinski definition) is 6. The van der Waals surface area contributed by atoms with Crippen molar-refractivity contribution in [2.24, 2.45) is 0 Å². The third kappa shape index (κ3) is 3.85. The molecule has 0 saturated carbocycles. The molecule has 0 aliphatic carbocycles. The Labute approximate surface area is 156 Å². The molecule has 0 aliphatic rings. The topological polar surface area (TPSA) is 98.7 Å². The number of thioether (sulfide) groups is 1. The highest BCUT2D eigenvalue weighted by Gasteiger charge is 2.15. The maximum absolute atomic E-state index is 12.2. The van der Waals surface area contributed by atoms with Crippen LogP contribution in [0, 0.1) is 20.8 Å². The summed E-state index contributed by atoms with van der Waals surface area (Å²) < 4.78 is 1.68. The van der Waals surface area contributed by atoms with E-state index < -0.39 is 0 Å². The van der Waals surface area contributed by atoms with Gasteiger partial charge in [-0.05, 0) is 54.5 Å². The van der Waals surface area contributed by atoms with Crippen molar-refractivity contribution in [3.05, 3.63) is 53.1 Å². The summed E-state index contributed by atoms with van der Waals surface area (Å²) in [5.74, 6) is 0.0124. The van der Waals surface area contributed by atoms with Crippen LogP contribution in [-0.2, 0) is 4.79 Å². The van der Waals surface area contributed by atoms with Gasteiger partial charge in [0.15, 0.2) is 0 Å². The largest absolute Gasteiger partial charge is 0.397 e. The Hall–Kier alpha value is -2.87. The predicted octanol–water partition coefficient (Wildman–Crippen LogP) is 2.90. The van der Waals surface area contributed by atoms with Crippen LogP contribution in [0.5, 0.6) is 0 Å². The number of aryl methyl sites for hydroxylation is 3. The highest BCUT2D eigenvalue weighted by Crippen LogP contribution is 2.25. The first-order valence-electron chi connectivity index (χ1n) is 8.09. The number of rotatable bonds is 5. The first-order valence-corrected chi connectivity index (χ1v) is 9.08. The number of carbonyl (C=O) groups is 1. The van der Waals surface area contributed by atoms with Gasteiger partial charge in [0.2, 0.25) is 11.1 Å². The summed E-state index contributed by atoms with van der Waals surface area (Å²) in [5.41, 5.74) is 11.3. The molecule has 1 amide bonds. The summed E-state index contributed by atoms with van der Waals surface area (Å²) >= 11 is 1.28. The van der Waals surface area contributed by atoms with E-state index >= 15 is 0 Å². The predicted molar refractivity (Wildman–Crippen MR) is 104 cm³/mol. The van der Waals surface area contributed by atoms with Gasteiger partial charge < -0.3 is 11.1 Å². The van der Waals surface area contributed by atoms with E-state index in [4.69, 9.17) is 5.73 Å². The van der Waals surface area contributed by atoms with Crippen LogP contribution in [-0.4, -0.2) is 31.9 Å². The van der Waals surface area contributed by atoms with Crippen molar-refractivity contribution in [2.75, 3.05) is 16.8 Å². The number of nitrogens with zero attached hydrogens (tertiary/aromatic N) is 4. The molecule has 0 bridgehead atoms. The van der Waals surface area contributed by atoms with Crippen LogP contribution < -0.4 is 11.1 Å². The lowest BCUT2D eigenvalue weighted by atomic mass is 10.1. The quantitative estimate of drug-likeness (QED) is 0.531. The molecule has 134 valence electrons. The molecule has 8 heteroatoms. The van der Waals surface area contributed by atoms with E-state index in [-0.39, 0.29) is 11.7 Å². The highest BCUT2D eigenvalue weighted by molar-refractivity contribution is 7.99. The molecule has 26 heavy (non-hydrogen) atoms. The molecule has 0 fully saturated rings. The number of benzene rings is 2. The number of tetrazole rings is 1. The molecular formula is C18H20N6OS. The van der Waals surface area contributed by atoms with Crippen LogP contribution >= 0.6 is 11.8 Å². The average Bonchev–Trinajstić information content (AvgIpc) is 3.02. The number of nitrogen functional groups attached to an aromatic ring is 1. The van der Waals surface area contributed by atoms with Gasteiger partial charge in [0.25, 0.3) is 0 Å². The van der Waals surface area contributed by atoms with Gasteiger partial charge in [-0.3, -0.25) is 4.79 Å². The maximum Gasteiger partial charge on any atom is 0.234 e. The fourth-order valence-electron chi connectivity index (χ4n) is 2.84. The van der Waals surface area contributed by atoms with Gasteiger partial charge in [0.05, 0.1) is 22.8 Å². The maximum atomic E-state index is 12.2. The van der Waals surface area contributed by atoms with Crippen LogP contribution in [0.15, 0.2) is 41.6 Å². The molecule has 3 N–H and O–H groups in total. The first kappa shape index (κ1) is 17.9. The Balaban J connectivity index is 1.74. The van der Waals surface area contributed by atoms with Crippen molar-refractivity contribution < 1.29 is 4.79 Å². The van der Waals surface area contributed by atoms with Crippen molar-refractivity contribution in [1.29, 1.82) is 0 Å². The van der Waals surface area contributed by atoms with E-state index in [1.54, 1.807) is 16.8 Å². The van der Waals surface area contributed by atoms with E-state index in [0.717, 1.165) is 16.8 Å². The third-order valence-corrected chi connectivity index (χ3v) is 4.77. The van der Waals surface area contributed by atoms with E-state index in [1.165, 1.54) is 17.3 Å². The van der Waals surface area contributed by atoms with Gasteiger partial charge in [0, 0.05) is 0 Å². The number of amides is 1. The number of hydrogen-bond donors (Lipinski definition) is 2. The summed E-state index contributed by atoms with van der Waals surface area (Å²) in [6.45, 7) is 6.10. The first-order chi connectivity index (χ1) is 12.5. The van der Waals surface area contributed by atoms with Gasteiger partial charge in [-0.1, -0.05) is 41.6 Å². The fraction of sp³-hybridized carbons (Fsp3) is 0.222. The number of aromatic nitrogens is 4. The number of para-hydroxylation sites is 2. The number of anilines is 2. The monoisotopic (exact) mass is 368 g/mol. The minimum absolute atomic E-state index is 0.167. The van der Waals surface area contributed by atoms with Crippen LogP contribution in [0.25, 0.3) is 5.69 Å². The molecule has 0 aliphatic heterocycles. The lowest BCUT2D eigenvalue weighted by molar-refractivity contribution is -0.113. The van der Waals surface area contributed by atoms with Crippen molar-refractivity contribution in [3.8, 4) is 5.69 Å². The Morgan fingerprint density at radius 3 is 2.58 bits per heavy atom. The van der Waals surface area contributed by atoms with Gasteiger partial charge in [-0.25, -0.2) is 0 Å². The lowest BCUT2D eigenvalue weighted by Crippen LogP contribution is -2.15. The Morgan fingerprint density at radius 2 is 1.88 bits per heavy atom. The van der Waals surface area contributed by atoms with Crippen LogP contribution in [0.2, 0.25) is 0 Å². The zero-order chi connectivity index (χ0) is 18.7. The second-order valence-corrected chi connectivity index (χ2v) is 6.99.